The second-order valence-corrected chi connectivity index (χ2v) is 7.46. The number of carbonyl (C=O) groups is 1. The van der Waals surface area contributed by atoms with Crippen molar-refractivity contribution in [3.8, 4) is 0 Å². The van der Waals surface area contributed by atoms with E-state index in [1.165, 1.54) is 6.07 Å². The summed E-state index contributed by atoms with van der Waals surface area (Å²) < 4.78 is 41.2. The average molecular weight is 401 g/mol. The van der Waals surface area contributed by atoms with Crippen molar-refractivity contribution in [3.63, 3.8) is 0 Å². The molecule has 0 radical (unpaired) electrons. The zero-order valence-electron chi connectivity index (χ0n) is 16.5. The van der Waals surface area contributed by atoms with Crippen LogP contribution in [0.4, 0.5) is 13.2 Å². The van der Waals surface area contributed by atoms with Gasteiger partial charge >= 0.3 is 6.18 Å². The molecule has 29 heavy (non-hydrogen) atoms. The Balaban J connectivity index is 2.01. The highest BCUT2D eigenvalue weighted by Crippen LogP contribution is 2.36. The SMILES string of the molecule is Cc1cc(C(=O)NCc2ccccn2)nc2c(C(F)(F)F)cc(CC(C)C)cc12. The van der Waals surface area contributed by atoms with E-state index in [1.807, 2.05) is 13.8 Å². The maximum Gasteiger partial charge on any atom is 0.418 e. The summed E-state index contributed by atoms with van der Waals surface area (Å²) >= 11 is 0. The Kier molecular flexibility index (Phi) is 5.86. The summed E-state index contributed by atoms with van der Waals surface area (Å²) in [6.07, 6.45) is -2.43. The van der Waals surface area contributed by atoms with Gasteiger partial charge in [0.15, 0.2) is 0 Å². The summed E-state index contributed by atoms with van der Waals surface area (Å²) in [4.78, 5) is 20.7. The maximum absolute atomic E-state index is 13.7. The predicted octanol–water partition coefficient (Wildman–Crippen LogP) is 5.09. The fourth-order valence-corrected chi connectivity index (χ4v) is 3.24. The summed E-state index contributed by atoms with van der Waals surface area (Å²) in [5.74, 6) is -0.321. The van der Waals surface area contributed by atoms with Crippen molar-refractivity contribution in [2.75, 3.05) is 0 Å². The molecular formula is C22H22F3N3O. The van der Waals surface area contributed by atoms with Gasteiger partial charge in [0, 0.05) is 11.6 Å². The number of nitrogens with one attached hydrogen (secondary N) is 1. The first-order valence-corrected chi connectivity index (χ1v) is 9.34. The minimum Gasteiger partial charge on any atom is -0.345 e. The van der Waals surface area contributed by atoms with E-state index >= 15 is 0 Å². The Morgan fingerprint density at radius 2 is 1.93 bits per heavy atom. The molecule has 152 valence electrons. The number of fused-ring (bicyclic) bond motifs is 1. The minimum atomic E-state index is -4.56. The van der Waals surface area contributed by atoms with Crippen LogP contribution in [0, 0.1) is 12.8 Å². The number of pyridine rings is 2. The molecule has 1 aromatic carbocycles. The van der Waals surface area contributed by atoms with Gasteiger partial charge in [-0.25, -0.2) is 4.98 Å². The lowest BCUT2D eigenvalue weighted by Gasteiger charge is -2.16. The number of amides is 1. The van der Waals surface area contributed by atoms with Crippen molar-refractivity contribution in [1.82, 2.24) is 15.3 Å². The van der Waals surface area contributed by atoms with Crippen LogP contribution in [0.5, 0.6) is 0 Å². The number of rotatable bonds is 5. The van der Waals surface area contributed by atoms with E-state index in [9.17, 15) is 18.0 Å². The van der Waals surface area contributed by atoms with E-state index in [-0.39, 0.29) is 23.7 Å². The highest BCUT2D eigenvalue weighted by atomic mass is 19.4. The number of nitrogens with zero attached hydrogens (tertiary/aromatic N) is 2. The quantitative estimate of drug-likeness (QED) is 0.648. The number of hydrogen-bond acceptors (Lipinski definition) is 3. The van der Waals surface area contributed by atoms with Crippen LogP contribution in [-0.4, -0.2) is 15.9 Å². The van der Waals surface area contributed by atoms with E-state index in [1.54, 1.807) is 37.4 Å². The Bertz CT molecular complexity index is 1030. The van der Waals surface area contributed by atoms with Crippen molar-refractivity contribution in [2.24, 2.45) is 5.92 Å². The van der Waals surface area contributed by atoms with Gasteiger partial charge < -0.3 is 5.32 Å². The lowest BCUT2D eigenvalue weighted by molar-refractivity contribution is -0.136. The van der Waals surface area contributed by atoms with Crippen LogP contribution < -0.4 is 5.32 Å². The molecule has 0 bridgehead atoms. The number of benzene rings is 1. The van der Waals surface area contributed by atoms with Crippen molar-refractivity contribution in [2.45, 2.75) is 39.9 Å². The molecule has 2 heterocycles. The van der Waals surface area contributed by atoms with E-state index in [4.69, 9.17) is 0 Å². The van der Waals surface area contributed by atoms with Crippen LogP contribution in [0.3, 0.4) is 0 Å². The number of alkyl halides is 3. The molecule has 0 saturated heterocycles. The first kappa shape index (κ1) is 20.8. The molecule has 0 spiro atoms. The third-order valence-corrected chi connectivity index (χ3v) is 4.52. The number of halogens is 3. The molecule has 1 N–H and O–H groups in total. The molecule has 0 unspecified atom stereocenters. The van der Waals surface area contributed by atoms with Crippen molar-refractivity contribution in [1.29, 1.82) is 0 Å². The standard InChI is InChI=1S/C22H22F3N3O/c1-13(2)8-15-10-17-14(3)9-19(28-20(17)18(11-15)22(23,24)25)21(29)27-12-16-6-4-5-7-26-16/h4-7,9-11,13H,8,12H2,1-3H3,(H,27,29). The Hall–Kier alpha value is -2.96. The van der Waals surface area contributed by atoms with Gasteiger partial charge in [0.2, 0.25) is 0 Å². The van der Waals surface area contributed by atoms with Gasteiger partial charge in [0.05, 0.1) is 23.3 Å². The molecule has 7 heteroatoms. The fourth-order valence-electron chi connectivity index (χ4n) is 3.24. The van der Waals surface area contributed by atoms with E-state index in [0.29, 0.717) is 28.6 Å². The lowest BCUT2D eigenvalue weighted by atomic mass is 9.96. The van der Waals surface area contributed by atoms with Crippen LogP contribution in [-0.2, 0) is 19.1 Å². The molecule has 3 rings (SSSR count). The number of hydrogen-bond donors (Lipinski definition) is 1. The third kappa shape index (κ3) is 4.91. The van der Waals surface area contributed by atoms with E-state index in [0.717, 1.165) is 6.07 Å². The largest absolute Gasteiger partial charge is 0.418 e. The summed E-state index contributed by atoms with van der Waals surface area (Å²) in [7, 11) is 0. The van der Waals surface area contributed by atoms with Crippen LogP contribution in [0.2, 0.25) is 0 Å². The normalized spacial score (nSPS) is 11.8. The molecular weight excluding hydrogens is 379 g/mol. The second-order valence-electron chi connectivity index (χ2n) is 7.46. The fraction of sp³-hybridized carbons (Fsp3) is 0.318. The van der Waals surface area contributed by atoms with Gasteiger partial charge in [-0.3, -0.25) is 9.78 Å². The highest BCUT2D eigenvalue weighted by Gasteiger charge is 2.34. The zero-order valence-corrected chi connectivity index (χ0v) is 16.5. The van der Waals surface area contributed by atoms with Crippen LogP contribution in [0.25, 0.3) is 10.9 Å². The predicted molar refractivity (Wildman–Crippen MR) is 105 cm³/mol. The molecule has 4 nitrogen and oxygen atoms in total. The first-order valence-electron chi connectivity index (χ1n) is 9.34. The molecule has 0 fully saturated rings. The monoisotopic (exact) mass is 401 g/mol. The lowest BCUT2D eigenvalue weighted by Crippen LogP contribution is -2.24. The molecule has 0 saturated carbocycles. The van der Waals surface area contributed by atoms with Crippen molar-refractivity contribution in [3.05, 3.63) is 70.7 Å². The van der Waals surface area contributed by atoms with Crippen molar-refractivity contribution >= 4 is 16.8 Å². The first-order chi connectivity index (χ1) is 13.6. The van der Waals surface area contributed by atoms with Crippen LogP contribution in [0.1, 0.15) is 46.7 Å². The molecule has 0 atom stereocenters. The van der Waals surface area contributed by atoms with Gasteiger partial charge in [0.1, 0.15) is 5.69 Å². The minimum absolute atomic E-state index is 0.0481. The molecule has 2 aromatic heterocycles. The Labute approximate surface area is 167 Å². The summed E-state index contributed by atoms with van der Waals surface area (Å²) in [5, 5.41) is 3.07. The van der Waals surface area contributed by atoms with Gasteiger partial charge in [-0.2, -0.15) is 13.2 Å². The molecule has 0 aliphatic rings. The van der Waals surface area contributed by atoms with Crippen LogP contribution >= 0.6 is 0 Å². The smallest absolute Gasteiger partial charge is 0.345 e. The average Bonchev–Trinajstić information content (AvgIpc) is 2.65. The summed E-state index contributed by atoms with van der Waals surface area (Å²) in [6.45, 7) is 5.77. The topological polar surface area (TPSA) is 54.9 Å². The number of aryl methyl sites for hydroxylation is 1. The van der Waals surface area contributed by atoms with Crippen molar-refractivity contribution < 1.29 is 18.0 Å². The molecule has 0 aliphatic heterocycles. The second kappa shape index (κ2) is 8.19. The van der Waals surface area contributed by atoms with E-state index < -0.39 is 17.6 Å². The summed E-state index contributed by atoms with van der Waals surface area (Å²) in [5.41, 5.74) is 0.771. The molecule has 3 aromatic rings. The summed E-state index contributed by atoms with van der Waals surface area (Å²) in [6, 6.07) is 9.70. The van der Waals surface area contributed by atoms with Crippen LogP contribution in [0.15, 0.2) is 42.6 Å². The van der Waals surface area contributed by atoms with Gasteiger partial charge in [-0.15, -0.1) is 0 Å². The Morgan fingerprint density at radius 3 is 2.55 bits per heavy atom. The van der Waals surface area contributed by atoms with Gasteiger partial charge in [-0.05, 0) is 60.7 Å². The molecule has 1 amide bonds. The highest BCUT2D eigenvalue weighted by molar-refractivity contribution is 5.96. The number of carbonyl (C=O) groups excluding carboxylic acids is 1. The maximum atomic E-state index is 13.7. The number of aromatic nitrogens is 2. The van der Waals surface area contributed by atoms with Gasteiger partial charge in [0.25, 0.3) is 5.91 Å². The zero-order chi connectivity index (χ0) is 21.2. The van der Waals surface area contributed by atoms with E-state index in [2.05, 4.69) is 15.3 Å². The third-order valence-electron chi connectivity index (χ3n) is 4.52. The molecule has 0 aliphatic carbocycles. The Morgan fingerprint density at radius 1 is 1.17 bits per heavy atom. The van der Waals surface area contributed by atoms with Gasteiger partial charge in [-0.1, -0.05) is 19.9 Å².